The van der Waals surface area contributed by atoms with Gasteiger partial charge < -0.3 is 20.2 Å². The number of furan rings is 1. The summed E-state index contributed by atoms with van der Waals surface area (Å²) in [5.74, 6) is -1.15. The number of hydrogen-bond acceptors (Lipinski definition) is 4. The van der Waals surface area contributed by atoms with E-state index in [2.05, 4.69) is 10.6 Å². The lowest BCUT2D eigenvalue weighted by Gasteiger charge is -2.21. The summed E-state index contributed by atoms with van der Waals surface area (Å²) in [5, 5.41) is 15.4. The van der Waals surface area contributed by atoms with Crippen molar-refractivity contribution in [1.29, 1.82) is 0 Å². The van der Waals surface area contributed by atoms with E-state index in [-0.39, 0.29) is 24.2 Å². The van der Waals surface area contributed by atoms with Gasteiger partial charge in [0.25, 0.3) is 5.91 Å². The van der Waals surface area contributed by atoms with Gasteiger partial charge in [-0.1, -0.05) is 12.1 Å². The Balaban J connectivity index is 1.82. The van der Waals surface area contributed by atoms with Crippen molar-refractivity contribution in [3.8, 4) is 0 Å². The second-order valence-electron chi connectivity index (χ2n) is 5.92. The van der Waals surface area contributed by atoms with E-state index >= 15 is 0 Å². The fourth-order valence-corrected chi connectivity index (χ4v) is 2.32. The molecule has 6 nitrogen and oxygen atoms in total. The van der Waals surface area contributed by atoms with Gasteiger partial charge in [-0.25, -0.2) is 4.39 Å². The second kappa shape index (κ2) is 8.43. The quantitative estimate of drug-likeness (QED) is 0.715. The van der Waals surface area contributed by atoms with Gasteiger partial charge in [0.2, 0.25) is 5.91 Å². The zero-order valence-corrected chi connectivity index (χ0v) is 14.0. The van der Waals surface area contributed by atoms with Gasteiger partial charge in [-0.05, 0) is 44.0 Å². The van der Waals surface area contributed by atoms with Crippen molar-refractivity contribution in [2.45, 2.75) is 38.5 Å². The molecule has 3 atom stereocenters. The standard InChI is InChI=1S/C18H21FN2O4/c1-11(9-16(22)13-3-5-15(19)6-4-13)20-17(23)12(2)21-18(24)14-7-8-25-10-14/h3-8,10-12,16,22H,9H2,1-2H3,(H,20,23)(H,21,24). The predicted molar refractivity (Wildman–Crippen MR) is 89.2 cm³/mol. The number of halogens is 1. The average Bonchev–Trinajstić information content (AvgIpc) is 3.09. The molecule has 25 heavy (non-hydrogen) atoms. The van der Waals surface area contributed by atoms with Crippen molar-refractivity contribution >= 4 is 11.8 Å². The van der Waals surface area contributed by atoms with Crippen LogP contribution >= 0.6 is 0 Å². The molecule has 134 valence electrons. The summed E-state index contributed by atoms with van der Waals surface area (Å²) in [5.41, 5.74) is 0.906. The minimum atomic E-state index is -0.827. The lowest BCUT2D eigenvalue weighted by Crippen LogP contribution is -2.47. The molecule has 3 unspecified atom stereocenters. The Morgan fingerprint density at radius 3 is 2.44 bits per heavy atom. The number of aliphatic hydroxyl groups excluding tert-OH is 1. The van der Waals surface area contributed by atoms with Gasteiger partial charge in [-0.2, -0.15) is 0 Å². The summed E-state index contributed by atoms with van der Waals surface area (Å²) in [7, 11) is 0. The first-order valence-corrected chi connectivity index (χ1v) is 7.93. The highest BCUT2D eigenvalue weighted by Gasteiger charge is 2.20. The maximum absolute atomic E-state index is 12.9. The molecule has 3 N–H and O–H groups in total. The Hall–Kier alpha value is -2.67. The third-order valence-electron chi connectivity index (χ3n) is 3.74. The van der Waals surface area contributed by atoms with Gasteiger partial charge >= 0.3 is 0 Å². The smallest absolute Gasteiger partial charge is 0.255 e. The van der Waals surface area contributed by atoms with Crippen LogP contribution in [-0.2, 0) is 4.79 Å². The summed E-state index contributed by atoms with van der Waals surface area (Å²) < 4.78 is 17.7. The van der Waals surface area contributed by atoms with Crippen molar-refractivity contribution in [3.63, 3.8) is 0 Å². The molecule has 2 aromatic rings. The lowest BCUT2D eigenvalue weighted by atomic mass is 10.0. The first-order chi connectivity index (χ1) is 11.9. The molecular formula is C18H21FN2O4. The zero-order valence-electron chi connectivity index (χ0n) is 14.0. The Bertz CT molecular complexity index is 700. The molecule has 2 rings (SSSR count). The number of benzene rings is 1. The van der Waals surface area contributed by atoms with Crippen LogP contribution in [0.1, 0.15) is 42.3 Å². The predicted octanol–water partition coefficient (Wildman–Crippen LogP) is 2.17. The molecule has 0 radical (unpaired) electrons. The Kier molecular flexibility index (Phi) is 6.30. The van der Waals surface area contributed by atoms with Crippen LogP contribution in [-0.4, -0.2) is 29.0 Å². The van der Waals surface area contributed by atoms with Crippen molar-refractivity contribution in [2.75, 3.05) is 0 Å². The third kappa shape index (κ3) is 5.42. The van der Waals surface area contributed by atoms with E-state index in [1.807, 2.05) is 0 Å². The normalized spacial score (nSPS) is 14.4. The molecular weight excluding hydrogens is 327 g/mol. The Labute approximate surface area is 145 Å². The van der Waals surface area contributed by atoms with Gasteiger partial charge in [0.05, 0.1) is 17.9 Å². The van der Waals surface area contributed by atoms with E-state index in [0.29, 0.717) is 11.1 Å². The van der Waals surface area contributed by atoms with Gasteiger partial charge in [-0.3, -0.25) is 9.59 Å². The molecule has 0 saturated carbocycles. The van der Waals surface area contributed by atoms with E-state index in [4.69, 9.17) is 4.42 Å². The summed E-state index contributed by atoms with van der Waals surface area (Å²) in [6, 6.07) is 5.98. The molecule has 0 spiro atoms. The van der Waals surface area contributed by atoms with Crippen LogP contribution in [0.25, 0.3) is 0 Å². The van der Waals surface area contributed by atoms with Gasteiger partial charge in [0.1, 0.15) is 18.1 Å². The van der Waals surface area contributed by atoms with Gasteiger partial charge in [-0.15, -0.1) is 0 Å². The number of hydrogen-bond donors (Lipinski definition) is 3. The topological polar surface area (TPSA) is 91.6 Å². The van der Waals surface area contributed by atoms with Crippen molar-refractivity contribution in [2.24, 2.45) is 0 Å². The van der Waals surface area contributed by atoms with E-state index < -0.39 is 18.1 Å². The zero-order chi connectivity index (χ0) is 18.4. The van der Waals surface area contributed by atoms with Crippen LogP contribution in [0.5, 0.6) is 0 Å². The average molecular weight is 348 g/mol. The summed E-state index contributed by atoms with van der Waals surface area (Å²) in [6.45, 7) is 3.31. The van der Waals surface area contributed by atoms with E-state index in [0.717, 1.165) is 0 Å². The van der Waals surface area contributed by atoms with Crippen LogP contribution in [0.3, 0.4) is 0 Å². The number of aliphatic hydroxyl groups is 1. The SMILES string of the molecule is CC(CC(O)c1ccc(F)cc1)NC(=O)C(C)NC(=O)c1ccoc1. The largest absolute Gasteiger partial charge is 0.472 e. The highest BCUT2D eigenvalue weighted by atomic mass is 19.1. The molecule has 0 saturated heterocycles. The van der Waals surface area contributed by atoms with Crippen LogP contribution < -0.4 is 10.6 Å². The first-order valence-electron chi connectivity index (χ1n) is 7.93. The summed E-state index contributed by atoms with van der Waals surface area (Å²) in [4.78, 5) is 24.0. The molecule has 1 aromatic carbocycles. The van der Waals surface area contributed by atoms with Crippen LogP contribution in [0, 0.1) is 5.82 Å². The van der Waals surface area contributed by atoms with Gasteiger partial charge in [0, 0.05) is 6.04 Å². The molecule has 0 bridgehead atoms. The monoisotopic (exact) mass is 348 g/mol. The molecule has 0 aliphatic heterocycles. The van der Waals surface area contributed by atoms with Crippen LogP contribution in [0.4, 0.5) is 4.39 Å². The number of carbonyl (C=O) groups excluding carboxylic acids is 2. The molecule has 7 heteroatoms. The van der Waals surface area contributed by atoms with Crippen LogP contribution in [0.15, 0.2) is 47.3 Å². The number of amides is 2. The van der Waals surface area contributed by atoms with Crippen molar-refractivity contribution < 1.29 is 23.5 Å². The van der Waals surface area contributed by atoms with Crippen LogP contribution in [0.2, 0.25) is 0 Å². The third-order valence-corrected chi connectivity index (χ3v) is 3.74. The summed E-state index contributed by atoms with van der Waals surface area (Å²) in [6.07, 6.45) is 2.10. The van der Waals surface area contributed by atoms with Crippen molar-refractivity contribution in [1.82, 2.24) is 10.6 Å². The Morgan fingerprint density at radius 1 is 1.16 bits per heavy atom. The number of rotatable bonds is 7. The van der Waals surface area contributed by atoms with E-state index in [1.165, 1.54) is 42.9 Å². The highest BCUT2D eigenvalue weighted by Crippen LogP contribution is 2.18. The van der Waals surface area contributed by atoms with E-state index in [1.54, 1.807) is 13.8 Å². The molecule has 1 heterocycles. The number of nitrogens with one attached hydrogen (secondary N) is 2. The first kappa shape index (κ1) is 18.7. The van der Waals surface area contributed by atoms with E-state index in [9.17, 15) is 19.1 Å². The fourth-order valence-electron chi connectivity index (χ4n) is 2.32. The second-order valence-corrected chi connectivity index (χ2v) is 5.92. The molecule has 2 amide bonds. The molecule has 1 aromatic heterocycles. The highest BCUT2D eigenvalue weighted by molar-refractivity contribution is 5.97. The Morgan fingerprint density at radius 2 is 1.84 bits per heavy atom. The molecule has 0 aliphatic rings. The minimum Gasteiger partial charge on any atom is -0.472 e. The minimum absolute atomic E-state index is 0.264. The molecule has 0 fully saturated rings. The molecule has 0 aliphatic carbocycles. The maximum Gasteiger partial charge on any atom is 0.255 e. The fraction of sp³-hybridized carbons (Fsp3) is 0.333. The van der Waals surface area contributed by atoms with Gasteiger partial charge in [0.15, 0.2) is 0 Å². The number of carbonyl (C=O) groups is 2. The lowest BCUT2D eigenvalue weighted by molar-refractivity contribution is -0.123. The van der Waals surface area contributed by atoms with Crippen molar-refractivity contribution in [3.05, 3.63) is 59.8 Å². The summed E-state index contributed by atoms with van der Waals surface area (Å²) >= 11 is 0. The maximum atomic E-state index is 12.9.